The zero-order chi connectivity index (χ0) is 28.8. The van der Waals surface area contributed by atoms with Gasteiger partial charge in [-0.1, -0.05) is 43.0 Å². The number of esters is 1. The molecule has 5 N–H and O–H groups in total. The number of ether oxygens (including phenoxy) is 1. The maximum atomic E-state index is 12.7. The molecule has 2 atom stereocenters. The number of amides is 2. The van der Waals surface area contributed by atoms with Gasteiger partial charge in [0.05, 0.1) is 12.2 Å². The lowest BCUT2D eigenvalue weighted by molar-refractivity contribution is -0.122. The third kappa shape index (κ3) is 6.67. The molecule has 3 aromatic rings. The second-order valence-corrected chi connectivity index (χ2v) is 9.94. The largest absolute Gasteiger partial charge is 0.494 e. The molecule has 2 aromatic carbocycles. The number of hydrogen-bond donors (Lipinski definition) is 5. The Hall–Kier alpha value is -4.65. The van der Waals surface area contributed by atoms with Crippen molar-refractivity contribution in [3.05, 3.63) is 91.6 Å². The van der Waals surface area contributed by atoms with E-state index in [1.54, 1.807) is 31.2 Å². The van der Waals surface area contributed by atoms with Crippen LogP contribution in [0.2, 0.25) is 0 Å². The van der Waals surface area contributed by atoms with E-state index in [0.717, 1.165) is 23.7 Å². The van der Waals surface area contributed by atoms with E-state index in [-0.39, 0.29) is 23.8 Å². The number of aliphatic imine (C=N–C) groups is 1. The molecular formula is C27H27N5O7S. The number of hydrogen-bond acceptors (Lipinski definition) is 9. The van der Waals surface area contributed by atoms with Gasteiger partial charge in [0.25, 0.3) is 5.56 Å². The first-order chi connectivity index (χ1) is 19.2. The van der Waals surface area contributed by atoms with Crippen molar-refractivity contribution < 1.29 is 24.2 Å². The van der Waals surface area contributed by atoms with Crippen LogP contribution in [0.4, 0.5) is 5.69 Å². The number of aromatic nitrogens is 2. The van der Waals surface area contributed by atoms with Crippen LogP contribution in [0.1, 0.15) is 53.4 Å². The van der Waals surface area contributed by atoms with Gasteiger partial charge in [-0.25, -0.2) is 14.6 Å². The average molecular weight is 566 g/mol. The molecule has 208 valence electrons. The van der Waals surface area contributed by atoms with Crippen molar-refractivity contribution in [1.29, 1.82) is 0 Å². The smallest absolute Gasteiger partial charge is 0.338 e. The number of carbonyl (C=O) groups excluding carboxylic acids is 3. The van der Waals surface area contributed by atoms with Crippen molar-refractivity contribution >= 4 is 40.4 Å². The van der Waals surface area contributed by atoms with E-state index in [0.29, 0.717) is 16.8 Å². The molecule has 2 amide bonds. The molecule has 1 aliphatic rings. The van der Waals surface area contributed by atoms with Gasteiger partial charge in [-0.2, -0.15) is 0 Å². The van der Waals surface area contributed by atoms with Crippen LogP contribution in [0.15, 0.2) is 63.1 Å². The van der Waals surface area contributed by atoms with Crippen molar-refractivity contribution in [2.45, 2.75) is 38.0 Å². The van der Waals surface area contributed by atoms with Gasteiger partial charge < -0.3 is 20.5 Å². The number of carbonyl (C=O) groups is 3. The highest BCUT2D eigenvalue weighted by Crippen LogP contribution is 2.32. The van der Waals surface area contributed by atoms with Crippen molar-refractivity contribution in [1.82, 2.24) is 15.3 Å². The van der Waals surface area contributed by atoms with E-state index in [2.05, 4.69) is 25.6 Å². The number of benzene rings is 2. The summed E-state index contributed by atoms with van der Waals surface area (Å²) in [4.78, 5) is 70.1. The minimum atomic E-state index is -1.06. The Morgan fingerprint density at radius 3 is 2.38 bits per heavy atom. The van der Waals surface area contributed by atoms with Crippen LogP contribution in [0, 0.1) is 0 Å². The SMILES string of the molecule is CCOC(=O)c1ccc(NC(=O)C[C@@H]2SC(=N[C@H](c3ccc(CC)cc3)c3c(O)[nH]c(=O)[nH]c3=O)NC2=O)cc1. The highest BCUT2D eigenvalue weighted by molar-refractivity contribution is 8.15. The molecular weight excluding hydrogens is 538 g/mol. The minimum Gasteiger partial charge on any atom is -0.494 e. The molecule has 0 unspecified atom stereocenters. The summed E-state index contributed by atoms with van der Waals surface area (Å²) in [6.07, 6.45) is 0.616. The fourth-order valence-electron chi connectivity index (χ4n) is 3.98. The maximum Gasteiger partial charge on any atom is 0.338 e. The second-order valence-electron chi connectivity index (χ2n) is 8.75. The zero-order valence-corrected chi connectivity index (χ0v) is 22.5. The van der Waals surface area contributed by atoms with E-state index in [1.165, 1.54) is 12.1 Å². The first kappa shape index (κ1) is 28.4. The van der Waals surface area contributed by atoms with E-state index in [1.807, 2.05) is 19.1 Å². The third-order valence-corrected chi connectivity index (χ3v) is 7.11. The lowest BCUT2D eigenvalue weighted by atomic mass is 9.99. The Kier molecular flexibility index (Phi) is 8.84. The maximum absolute atomic E-state index is 12.7. The lowest BCUT2D eigenvalue weighted by Gasteiger charge is -2.15. The predicted octanol–water partition coefficient (Wildman–Crippen LogP) is 2.21. The van der Waals surface area contributed by atoms with Gasteiger partial charge in [-0.3, -0.25) is 24.4 Å². The van der Waals surface area contributed by atoms with Gasteiger partial charge >= 0.3 is 11.7 Å². The fourth-order valence-corrected chi connectivity index (χ4v) is 4.98. The van der Waals surface area contributed by atoms with E-state index in [4.69, 9.17) is 4.74 Å². The van der Waals surface area contributed by atoms with Crippen LogP contribution in [0.3, 0.4) is 0 Å². The molecule has 1 aromatic heterocycles. The van der Waals surface area contributed by atoms with Crippen LogP contribution in [0.5, 0.6) is 5.88 Å². The van der Waals surface area contributed by atoms with Crippen molar-refractivity contribution in [2.75, 3.05) is 11.9 Å². The van der Waals surface area contributed by atoms with Crippen molar-refractivity contribution in [3.8, 4) is 5.88 Å². The number of anilines is 1. The quantitative estimate of drug-likeness (QED) is 0.245. The van der Waals surface area contributed by atoms with Crippen LogP contribution < -0.4 is 21.9 Å². The number of H-pyrrole nitrogens is 2. The number of aromatic amines is 2. The van der Waals surface area contributed by atoms with Gasteiger partial charge in [-0.05, 0) is 48.7 Å². The van der Waals surface area contributed by atoms with Gasteiger partial charge in [-0.15, -0.1) is 0 Å². The summed E-state index contributed by atoms with van der Waals surface area (Å²) in [6.45, 7) is 3.94. The first-order valence-corrected chi connectivity index (χ1v) is 13.3. The molecule has 0 saturated carbocycles. The van der Waals surface area contributed by atoms with Crippen molar-refractivity contribution in [3.63, 3.8) is 0 Å². The van der Waals surface area contributed by atoms with Gasteiger partial charge in [0.1, 0.15) is 16.9 Å². The lowest BCUT2D eigenvalue weighted by Crippen LogP contribution is -2.29. The Morgan fingerprint density at radius 1 is 1.05 bits per heavy atom. The van der Waals surface area contributed by atoms with E-state index >= 15 is 0 Å². The number of nitrogens with one attached hydrogen (secondary N) is 4. The molecule has 0 bridgehead atoms. The molecule has 2 heterocycles. The predicted molar refractivity (Wildman–Crippen MR) is 150 cm³/mol. The number of thioether (sulfide) groups is 1. The number of aryl methyl sites for hydroxylation is 1. The summed E-state index contributed by atoms with van der Waals surface area (Å²) >= 11 is 1.01. The summed E-state index contributed by atoms with van der Waals surface area (Å²) in [5, 5.41) is 15.1. The Labute approximate surface area is 232 Å². The van der Waals surface area contributed by atoms with E-state index in [9.17, 15) is 29.1 Å². The Balaban J connectivity index is 1.52. The molecule has 4 rings (SSSR count). The van der Waals surface area contributed by atoms with Crippen LogP contribution >= 0.6 is 11.8 Å². The molecule has 40 heavy (non-hydrogen) atoms. The monoisotopic (exact) mass is 565 g/mol. The highest BCUT2D eigenvalue weighted by Gasteiger charge is 2.34. The molecule has 0 spiro atoms. The Bertz CT molecular complexity index is 1560. The van der Waals surface area contributed by atoms with Gasteiger partial charge in [0.15, 0.2) is 5.17 Å². The summed E-state index contributed by atoms with van der Waals surface area (Å²) in [5.41, 5.74) is 0.480. The minimum absolute atomic E-state index is 0.149. The highest BCUT2D eigenvalue weighted by atomic mass is 32.2. The molecule has 1 saturated heterocycles. The fraction of sp³-hybridized carbons (Fsp3) is 0.259. The first-order valence-electron chi connectivity index (χ1n) is 12.4. The van der Waals surface area contributed by atoms with E-state index < -0.39 is 46.2 Å². The van der Waals surface area contributed by atoms with Crippen LogP contribution in [-0.4, -0.2) is 49.9 Å². The van der Waals surface area contributed by atoms with Gasteiger partial charge in [0.2, 0.25) is 17.7 Å². The summed E-state index contributed by atoms with van der Waals surface area (Å²) in [7, 11) is 0. The van der Waals surface area contributed by atoms with Crippen molar-refractivity contribution in [2.24, 2.45) is 4.99 Å². The standard InChI is InChI=1S/C27H27N5O7S/c1-3-14-5-7-15(8-6-14)21(20-23(35)30-26(38)31-24(20)36)29-27-32-22(34)18(40-27)13-19(33)28-17-11-9-16(10-12-17)25(37)39-4-2/h5-12,18,21H,3-4,13H2,1-2H3,(H,28,33)(H,29,32,34)(H3,30,31,35,36,38)/t18-,21+/m0/s1. The molecule has 0 radical (unpaired) electrons. The third-order valence-electron chi connectivity index (χ3n) is 6.01. The molecule has 12 nitrogen and oxygen atoms in total. The number of amidine groups is 1. The number of aromatic hydroxyl groups is 1. The average Bonchev–Trinajstić information content (AvgIpc) is 3.26. The second kappa shape index (κ2) is 12.5. The van der Waals surface area contributed by atoms with Gasteiger partial charge in [0, 0.05) is 12.1 Å². The molecule has 13 heteroatoms. The topological polar surface area (TPSA) is 183 Å². The normalized spacial score (nSPS) is 16.4. The molecule has 1 fully saturated rings. The number of rotatable bonds is 9. The van der Waals surface area contributed by atoms with Crippen LogP contribution in [-0.2, 0) is 20.7 Å². The summed E-state index contributed by atoms with van der Waals surface area (Å²) in [5.74, 6) is -1.99. The molecule has 1 aliphatic heterocycles. The molecule has 0 aliphatic carbocycles. The summed E-state index contributed by atoms with van der Waals surface area (Å²) in [6, 6.07) is 12.3. The number of nitrogens with zero attached hydrogens (tertiary/aromatic N) is 1. The van der Waals surface area contributed by atoms with Crippen LogP contribution in [0.25, 0.3) is 0 Å². The Morgan fingerprint density at radius 2 is 1.75 bits per heavy atom. The summed E-state index contributed by atoms with van der Waals surface area (Å²) < 4.78 is 4.94. The zero-order valence-electron chi connectivity index (χ0n) is 21.6.